The molecule has 0 saturated carbocycles. The number of carbonyl (C=O) groups excluding carboxylic acids is 4. The van der Waals surface area contributed by atoms with Crippen LogP contribution in [-0.4, -0.2) is 59.9 Å². The molecule has 4 aliphatic heterocycles. The number of hydrazine groups is 1. The summed E-state index contributed by atoms with van der Waals surface area (Å²) in [7, 11) is 3.12. The summed E-state index contributed by atoms with van der Waals surface area (Å²) in [4.78, 5) is 61.0. The predicted molar refractivity (Wildman–Crippen MR) is 187 cm³/mol. The monoisotopic (exact) mass is 710 g/mol. The van der Waals surface area contributed by atoms with Gasteiger partial charge in [-0.15, -0.1) is 0 Å². The Morgan fingerprint density at radius 2 is 0.860 bits per heavy atom. The van der Waals surface area contributed by atoms with Crippen LogP contribution in [0.25, 0.3) is 0 Å². The van der Waals surface area contributed by atoms with Crippen LogP contribution in [0.15, 0.2) is 84.9 Å². The molecule has 0 radical (unpaired) electrons. The van der Waals surface area contributed by atoms with Gasteiger partial charge in [0.05, 0.1) is 49.5 Å². The quantitative estimate of drug-likeness (QED) is 0.222. The molecule has 10 nitrogen and oxygen atoms in total. The summed E-state index contributed by atoms with van der Waals surface area (Å²) in [5.41, 5.74) is 3.72. The van der Waals surface area contributed by atoms with E-state index < -0.39 is 59.6 Å². The van der Waals surface area contributed by atoms with Crippen LogP contribution in [0.2, 0.25) is 10.0 Å². The highest BCUT2D eigenvalue weighted by atomic mass is 35.5. The number of aryl methyl sites for hydroxylation is 2. The summed E-state index contributed by atoms with van der Waals surface area (Å²) in [6.45, 7) is 3.69. The number of amides is 4. The Labute approximate surface area is 298 Å². The molecule has 254 valence electrons. The molecule has 4 aliphatic rings. The second kappa shape index (κ2) is 11.9. The number of anilines is 2. The first-order chi connectivity index (χ1) is 24.0. The normalized spacial score (nSPS) is 26.1. The van der Waals surface area contributed by atoms with Crippen molar-refractivity contribution in [2.75, 3.05) is 24.0 Å². The lowest BCUT2D eigenvalue weighted by molar-refractivity contribution is -0.136. The molecular weight excluding hydrogens is 679 g/mol. The van der Waals surface area contributed by atoms with Crippen molar-refractivity contribution in [1.29, 1.82) is 0 Å². The number of hydrogen-bond donors (Lipinski definition) is 0. The van der Waals surface area contributed by atoms with Crippen molar-refractivity contribution in [1.82, 2.24) is 10.0 Å². The molecule has 0 aliphatic carbocycles. The van der Waals surface area contributed by atoms with Crippen molar-refractivity contribution in [2.45, 2.75) is 38.0 Å². The molecule has 4 aromatic rings. The van der Waals surface area contributed by atoms with E-state index in [4.69, 9.17) is 32.7 Å². The van der Waals surface area contributed by atoms with Crippen LogP contribution in [0.5, 0.6) is 11.5 Å². The standard InChI is InChI=1S/C38H32Cl2N4O6/c1-19-5-11-23(17-27(19)39)41-35(45)29-31(21-7-13-25(49-3)14-8-21)44-34-30(36(46)42(38(34)48)24-12-6-20(2)28(40)18-24)32(43(44)33(29)37(41)47)22-9-15-26(50-4)16-10-22/h5-18,29-34H,1-4H3. The fourth-order valence-electron chi connectivity index (χ4n) is 8.05. The Morgan fingerprint density at radius 3 is 1.18 bits per heavy atom. The van der Waals surface area contributed by atoms with E-state index in [1.165, 1.54) is 9.80 Å². The molecule has 4 heterocycles. The summed E-state index contributed by atoms with van der Waals surface area (Å²) < 4.78 is 10.8. The van der Waals surface area contributed by atoms with Crippen molar-refractivity contribution in [3.8, 4) is 11.5 Å². The van der Waals surface area contributed by atoms with Crippen LogP contribution in [0.1, 0.15) is 34.3 Å². The predicted octanol–water partition coefficient (Wildman–Crippen LogP) is 6.07. The van der Waals surface area contributed by atoms with Crippen molar-refractivity contribution < 1.29 is 28.7 Å². The zero-order chi connectivity index (χ0) is 35.2. The van der Waals surface area contributed by atoms with Crippen LogP contribution >= 0.6 is 23.2 Å². The molecule has 4 saturated heterocycles. The highest BCUT2D eigenvalue weighted by Crippen LogP contribution is 2.60. The van der Waals surface area contributed by atoms with Crippen molar-refractivity contribution in [2.24, 2.45) is 11.8 Å². The van der Waals surface area contributed by atoms with Gasteiger partial charge in [-0.3, -0.25) is 19.2 Å². The molecule has 12 heteroatoms. The van der Waals surface area contributed by atoms with Crippen LogP contribution in [0.3, 0.4) is 0 Å². The van der Waals surface area contributed by atoms with Crippen LogP contribution < -0.4 is 19.3 Å². The van der Waals surface area contributed by atoms with E-state index in [0.29, 0.717) is 44.0 Å². The van der Waals surface area contributed by atoms with Crippen molar-refractivity contribution in [3.63, 3.8) is 0 Å². The van der Waals surface area contributed by atoms with E-state index in [-0.39, 0.29) is 0 Å². The highest BCUT2D eigenvalue weighted by molar-refractivity contribution is 6.33. The van der Waals surface area contributed by atoms with Gasteiger partial charge in [-0.25, -0.2) is 19.8 Å². The molecule has 4 fully saturated rings. The molecule has 6 atom stereocenters. The van der Waals surface area contributed by atoms with E-state index in [2.05, 4.69) is 0 Å². The Kier molecular flexibility index (Phi) is 7.76. The minimum absolute atomic E-state index is 0.361. The lowest BCUT2D eigenvalue weighted by Gasteiger charge is -2.35. The topological polar surface area (TPSA) is 99.7 Å². The minimum atomic E-state index is -1.02. The van der Waals surface area contributed by atoms with Gasteiger partial charge in [-0.2, -0.15) is 0 Å². The number of fused-ring (bicyclic) bond motifs is 5. The second-order valence-corrected chi connectivity index (χ2v) is 13.8. The molecule has 4 amide bonds. The van der Waals surface area contributed by atoms with Gasteiger partial charge in [0.25, 0.3) is 11.8 Å². The zero-order valence-corrected chi connectivity index (χ0v) is 29.1. The van der Waals surface area contributed by atoms with Gasteiger partial charge < -0.3 is 9.47 Å². The first kappa shape index (κ1) is 32.5. The second-order valence-electron chi connectivity index (χ2n) is 13.0. The number of nitrogens with zero attached hydrogens (tertiary/aromatic N) is 4. The number of rotatable bonds is 6. The first-order valence-corrected chi connectivity index (χ1v) is 16.9. The van der Waals surface area contributed by atoms with Gasteiger partial charge in [0, 0.05) is 10.0 Å². The fourth-order valence-corrected chi connectivity index (χ4v) is 8.40. The van der Waals surface area contributed by atoms with Crippen molar-refractivity contribution >= 4 is 58.2 Å². The van der Waals surface area contributed by atoms with E-state index in [1.54, 1.807) is 74.9 Å². The zero-order valence-electron chi connectivity index (χ0n) is 27.5. The smallest absolute Gasteiger partial charge is 0.253 e. The van der Waals surface area contributed by atoms with Gasteiger partial charge in [0.1, 0.15) is 23.6 Å². The number of methoxy groups -OCH3 is 2. The third-order valence-corrected chi connectivity index (χ3v) is 11.3. The van der Waals surface area contributed by atoms with E-state index in [9.17, 15) is 19.2 Å². The van der Waals surface area contributed by atoms with Gasteiger partial charge in [-0.1, -0.05) is 59.6 Å². The van der Waals surface area contributed by atoms with Gasteiger partial charge >= 0.3 is 0 Å². The van der Waals surface area contributed by atoms with Gasteiger partial charge in [0.2, 0.25) is 11.8 Å². The summed E-state index contributed by atoms with van der Waals surface area (Å²) in [6.07, 6.45) is 0. The number of imide groups is 2. The molecule has 0 spiro atoms. The molecule has 0 aromatic heterocycles. The summed E-state index contributed by atoms with van der Waals surface area (Å²) in [6, 6.07) is 21.0. The molecule has 6 unspecified atom stereocenters. The Bertz CT molecular complexity index is 1940. The van der Waals surface area contributed by atoms with Gasteiger partial charge in [0.15, 0.2) is 0 Å². The average Bonchev–Trinajstić information content (AvgIpc) is 3.79. The first-order valence-electron chi connectivity index (χ1n) is 16.2. The number of hydrogen-bond acceptors (Lipinski definition) is 8. The van der Waals surface area contributed by atoms with E-state index >= 15 is 0 Å². The third-order valence-electron chi connectivity index (χ3n) is 10.5. The maximum atomic E-state index is 14.7. The lowest BCUT2D eigenvalue weighted by atomic mass is 9.84. The van der Waals surface area contributed by atoms with Crippen LogP contribution in [-0.2, 0) is 19.2 Å². The average molecular weight is 712 g/mol. The molecular formula is C38H32Cl2N4O6. The Balaban J connectivity index is 1.32. The lowest BCUT2D eigenvalue weighted by Crippen LogP contribution is -2.50. The summed E-state index contributed by atoms with van der Waals surface area (Å²) >= 11 is 13.0. The molecule has 0 bridgehead atoms. The van der Waals surface area contributed by atoms with Gasteiger partial charge in [-0.05, 0) is 84.6 Å². The maximum Gasteiger partial charge on any atom is 0.253 e. The minimum Gasteiger partial charge on any atom is -0.497 e. The summed E-state index contributed by atoms with van der Waals surface area (Å²) in [5, 5.41) is 4.49. The number of ether oxygens (including phenoxy) is 2. The number of carbonyl (C=O) groups is 4. The maximum absolute atomic E-state index is 14.7. The fraction of sp³-hybridized carbons (Fsp3) is 0.263. The number of benzene rings is 4. The number of halogens is 2. The SMILES string of the molecule is COc1ccc(C2C3C(=O)N(c4ccc(C)c(Cl)c4)C(=O)C3N3C(c4ccc(OC)cc4)C4C(=O)N(c5ccc(C)c(Cl)c5)C(=O)C4N23)cc1. The summed E-state index contributed by atoms with van der Waals surface area (Å²) in [5.74, 6) is -2.36. The van der Waals surface area contributed by atoms with E-state index in [1.807, 2.05) is 48.1 Å². The Morgan fingerprint density at radius 1 is 0.500 bits per heavy atom. The third kappa shape index (κ3) is 4.62. The molecule has 50 heavy (non-hydrogen) atoms. The van der Waals surface area contributed by atoms with Crippen LogP contribution in [0.4, 0.5) is 11.4 Å². The molecule has 4 aromatic carbocycles. The largest absolute Gasteiger partial charge is 0.497 e. The highest BCUT2D eigenvalue weighted by Gasteiger charge is 2.73. The molecule has 0 N–H and O–H groups in total. The van der Waals surface area contributed by atoms with E-state index in [0.717, 1.165) is 11.1 Å². The Hall–Kier alpha value is -4.74. The molecule has 8 rings (SSSR count). The van der Waals surface area contributed by atoms with Crippen LogP contribution in [0, 0.1) is 25.7 Å². The van der Waals surface area contributed by atoms with Crippen molar-refractivity contribution in [3.05, 3.63) is 117 Å².